The molecule has 0 bridgehead atoms. The molecule has 1 aliphatic carbocycles. The van der Waals surface area contributed by atoms with Crippen LogP contribution in [0.5, 0.6) is 0 Å². The highest BCUT2D eigenvalue weighted by Gasteiger charge is 2.25. The fourth-order valence-electron chi connectivity index (χ4n) is 2.58. The second-order valence-electron chi connectivity index (χ2n) is 7.29. The van der Waals surface area contributed by atoms with Crippen molar-refractivity contribution in [3.05, 3.63) is 0 Å². The average Bonchev–Trinajstić information content (AvgIpc) is 2.41. The van der Waals surface area contributed by atoms with Gasteiger partial charge in [-0.3, -0.25) is 0 Å². The average molecular weight is 328 g/mol. The molecule has 0 aromatic heterocycles. The summed E-state index contributed by atoms with van der Waals surface area (Å²) >= 11 is 0. The van der Waals surface area contributed by atoms with Crippen molar-refractivity contribution in [3.8, 4) is 0 Å². The van der Waals surface area contributed by atoms with Crippen LogP contribution < -0.4 is 16.0 Å². The minimum absolute atomic E-state index is 0.0834. The van der Waals surface area contributed by atoms with Gasteiger partial charge in [0.05, 0.1) is 0 Å². The van der Waals surface area contributed by atoms with E-state index in [2.05, 4.69) is 16.0 Å². The molecule has 7 nitrogen and oxygen atoms in total. The molecule has 1 aliphatic rings. The van der Waals surface area contributed by atoms with Gasteiger partial charge >= 0.3 is 12.1 Å². The molecule has 23 heavy (non-hydrogen) atoms. The van der Waals surface area contributed by atoms with E-state index in [1.54, 1.807) is 14.1 Å². The molecule has 2 atom stereocenters. The van der Waals surface area contributed by atoms with Gasteiger partial charge in [-0.05, 0) is 46.5 Å². The van der Waals surface area contributed by atoms with E-state index in [4.69, 9.17) is 4.74 Å². The first kappa shape index (κ1) is 19.5. The van der Waals surface area contributed by atoms with Gasteiger partial charge in [-0.2, -0.15) is 0 Å². The van der Waals surface area contributed by atoms with Gasteiger partial charge in [0.25, 0.3) is 0 Å². The summed E-state index contributed by atoms with van der Waals surface area (Å²) in [6.45, 7) is 6.90. The second kappa shape index (κ2) is 8.96. The van der Waals surface area contributed by atoms with Crippen molar-refractivity contribution < 1.29 is 14.3 Å². The summed E-state index contributed by atoms with van der Waals surface area (Å²) in [5, 5.41) is 9.22. The van der Waals surface area contributed by atoms with Gasteiger partial charge in [-0.15, -0.1) is 0 Å². The zero-order chi connectivity index (χ0) is 17.5. The van der Waals surface area contributed by atoms with Crippen LogP contribution in [0, 0.1) is 0 Å². The fraction of sp³-hybridized carbons (Fsp3) is 0.875. The standard InChI is InChI=1S/C16H32N4O3/c1-16(2,3)23-15(22)19-13-8-6-7-12(11-13)17-9-10-18-14(21)20(4)5/h12-13,17H,6-11H2,1-5H3,(H,18,21)(H,19,22). The van der Waals surface area contributed by atoms with Gasteiger partial charge in [0.2, 0.25) is 0 Å². The first-order valence-corrected chi connectivity index (χ1v) is 8.35. The molecule has 0 aromatic carbocycles. The van der Waals surface area contributed by atoms with E-state index in [0.717, 1.165) is 32.2 Å². The topological polar surface area (TPSA) is 82.7 Å². The Hall–Kier alpha value is -1.50. The Morgan fingerprint density at radius 3 is 2.39 bits per heavy atom. The Bertz CT molecular complexity index is 393. The Balaban J connectivity index is 2.24. The summed E-state index contributed by atoms with van der Waals surface area (Å²) in [7, 11) is 3.44. The highest BCUT2D eigenvalue weighted by atomic mass is 16.6. The van der Waals surface area contributed by atoms with Crippen molar-refractivity contribution in [2.75, 3.05) is 27.2 Å². The van der Waals surface area contributed by atoms with Crippen LogP contribution in [0.3, 0.4) is 0 Å². The van der Waals surface area contributed by atoms with Crippen molar-refractivity contribution in [3.63, 3.8) is 0 Å². The van der Waals surface area contributed by atoms with Crippen molar-refractivity contribution in [2.24, 2.45) is 0 Å². The number of rotatable bonds is 5. The summed E-state index contributed by atoms with van der Waals surface area (Å²) in [6.07, 6.45) is 3.69. The molecule has 0 aromatic rings. The molecule has 0 aliphatic heterocycles. The number of nitrogens with zero attached hydrogens (tertiary/aromatic N) is 1. The van der Waals surface area contributed by atoms with E-state index in [1.807, 2.05) is 20.8 Å². The second-order valence-corrected chi connectivity index (χ2v) is 7.29. The molecule has 1 rings (SSSR count). The number of nitrogens with one attached hydrogen (secondary N) is 3. The molecule has 1 saturated carbocycles. The summed E-state index contributed by atoms with van der Waals surface area (Å²) in [5.74, 6) is 0. The summed E-state index contributed by atoms with van der Waals surface area (Å²) in [5.41, 5.74) is -0.471. The van der Waals surface area contributed by atoms with E-state index in [0.29, 0.717) is 12.6 Å². The molecule has 7 heteroatoms. The van der Waals surface area contributed by atoms with Gasteiger partial charge < -0.3 is 25.6 Å². The van der Waals surface area contributed by atoms with Gasteiger partial charge in [-0.25, -0.2) is 9.59 Å². The first-order valence-electron chi connectivity index (χ1n) is 8.35. The van der Waals surface area contributed by atoms with E-state index in [9.17, 15) is 9.59 Å². The smallest absolute Gasteiger partial charge is 0.407 e. The van der Waals surface area contributed by atoms with Crippen LogP contribution in [0.25, 0.3) is 0 Å². The number of ether oxygens (including phenoxy) is 1. The highest BCUT2D eigenvalue weighted by Crippen LogP contribution is 2.19. The number of hydrogen-bond donors (Lipinski definition) is 3. The molecule has 3 N–H and O–H groups in total. The predicted molar refractivity (Wildman–Crippen MR) is 90.5 cm³/mol. The molecule has 2 unspecified atom stereocenters. The Morgan fingerprint density at radius 2 is 1.78 bits per heavy atom. The number of alkyl carbamates (subject to hydrolysis) is 1. The maximum Gasteiger partial charge on any atom is 0.407 e. The van der Waals surface area contributed by atoms with Crippen LogP contribution in [0.15, 0.2) is 0 Å². The molecule has 1 fully saturated rings. The molecule has 0 saturated heterocycles. The minimum atomic E-state index is -0.471. The van der Waals surface area contributed by atoms with E-state index < -0.39 is 5.60 Å². The van der Waals surface area contributed by atoms with Crippen LogP contribution in [0.2, 0.25) is 0 Å². The van der Waals surface area contributed by atoms with E-state index in [1.165, 1.54) is 4.90 Å². The number of carbonyl (C=O) groups excluding carboxylic acids is 2. The SMILES string of the molecule is CN(C)C(=O)NCCNC1CCCC(NC(=O)OC(C)(C)C)C1. The monoisotopic (exact) mass is 328 g/mol. The van der Waals surface area contributed by atoms with Gasteiger partial charge in [0, 0.05) is 39.3 Å². The molecular formula is C16H32N4O3. The lowest BCUT2D eigenvalue weighted by Gasteiger charge is -2.31. The minimum Gasteiger partial charge on any atom is -0.444 e. The Labute approximate surface area is 139 Å². The lowest BCUT2D eigenvalue weighted by molar-refractivity contribution is 0.0488. The van der Waals surface area contributed by atoms with E-state index in [-0.39, 0.29) is 18.2 Å². The quantitative estimate of drug-likeness (QED) is 0.671. The van der Waals surface area contributed by atoms with Crippen LogP contribution in [-0.4, -0.2) is 61.9 Å². The van der Waals surface area contributed by atoms with Crippen molar-refractivity contribution in [1.29, 1.82) is 0 Å². The number of urea groups is 1. The molecule has 0 radical (unpaired) electrons. The largest absolute Gasteiger partial charge is 0.444 e. The maximum absolute atomic E-state index is 11.8. The summed E-state index contributed by atoms with van der Waals surface area (Å²) < 4.78 is 5.30. The normalized spacial score (nSPS) is 21.4. The molecule has 0 heterocycles. The zero-order valence-corrected chi connectivity index (χ0v) is 15.1. The van der Waals surface area contributed by atoms with Gasteiger partial charge in [0.1, 0.15) is 5.60 Å². The third-order valence-corrected chi connectivity index (χ3v) is 3.64. The first-order chi connectivity index (χ1) is 10.7. The van der Waals surface area contributed by atoms with Crippen molar-refractivity contribution >= 4 is 12.1 Å². The fourth-order valence-corrected chi connectivity index (χ4v) is 2.58. The van der Waals surface area contributed by atoms with Crippen LogP contribution in [-0.2, 0) is 4.74 Å². The summed E-state index contributed by atoms with van der Waals surface area (Å²) in [6, 6.07) is 0.423. The molecule has 0 spiro atoms. The Morgan fingerprint density at radius 1 is 1.13 bits per heavy atom. The maximum atomic E-state index is 11.8. The van der Waals surface area contributed by atoms with Crippen LogP contribution in [0.4, 0.5) is 9.59 Å². The number of amides is 3. The third kappa shape index (κ3) is 8.64. The molecule has 3 amide bonds. The number of carbonyl (C=O) groups is 2. The van der Waals surface area contributed by atoms with Gasteiger partial charge in [0.15, 0.2) is 0 Å². The van der Waals surface area contributed by atoms with Gasteiger partial charge in [-0.1, -0.05) is 0 Å². The van der Waals surface area contributed by atoms with Crippen LogP contribution in [0.1, 0.15) is 46.5 Å². The number of hydrogen-bond acceptors (Lipinski definition) is 4. The highest BCUT2D eigenvalue weighted by molar-refractivity contribution is 5.73. The molecule has 134 valence electrons. The molecular weight excluding hydrogens is 296 g/mol. The lowest BCUT2D eigenvalue weighted by atomic mass is 9.91. The van der Waals surface area contributed by atoms with Crippen molar-refractivity contribution in [2.45, 2.75) is 64.1 Å². The third-order valence-electron chi connectivity index (χ3n) is 3.64. The Kier molecular flexibility index (Phi) is 7.61. The summed E-state index contributed by atoms with van der Waals surface area (Å²) in [4.78, 5) is 24.7. The zero-order valence-electron chi connectivity index (χ0n) is 15.1. The predicted octanol–water partition coefficient (Wildman–Crippen LogP) is 1.68. The van der Waals surface area contributed by atoms with E-state index >= 15 is 0 Å². The van der Waals surface area contributed by atoms with Crippen molar-refractivity contribution in [1.82, 2.24) is 20.9 Å². The lowest BCUT2D eigenvalue weighted by Crippen LogP contribution is -2.47. The van der Waals surface area contributed by atoms with Crippen LogP contribution >= 0.6 is 0 Å².